The number of ether oxygens (including phenoxy) is 3. The van der Waals surface area contributed by atoms with Gasteiger partial charge < -0.3 is 14.2 Å². The zero-order chi connectivity index (χ0) is 14.6. The highest BCUT2D eigenvalue weighted by Gasteiger charge is 2.49. The highest BCUT2D eigenvalue weighted by Crippen LogP contribution is 2.34. The quantitative estimate of drug-likeness (QED) is 0.591. The molecule has 1 heterocycles. The van der Waals surface area contributed by atoms with Crippen molar-refractivity contribution in [1.29, 1.82) is 0 Å². The SMILES string of the molecule is C=CCOC1(OC(C)C)OC(c2ccccc2)=CC1=O. The molecule has 0 saturated heterocycles. The molecule has 1 aliphatic heterocycles. The van der Waals surface area contributed by atoms with Gasteiger partial charge in [-0.1, -0.05) is 36.4 Å². The number of rotatable bonds is 6. The molecule has 0 spiro atoms. The van der Waals surface area contributed by atoms with E-state index in [-0.39, 0.29) is 18.5 Å². The van der Waals surface area contributed by atoms with Gasteiger partial charge in [0.15, 0.2) is 0 Å². The molecule has 1 aliphatic rings. The van der Waals surface area contributed by atoms with Gasteiger partial charge in [0.05, 0.1) is 12.7 Å². The summed E-state index contributed by atoms with van der Waals surface area (Å²) >= 11 is 0. The van der Waals surface area contributed by atoms with Gasteiger partial charge in [0.1, 0.15) is 5.76 Å². The lowest BCUT2D eigenvalue weighted by molar-refractivity contribution is -0.329. The summed E-state index contributed by atoms with van der Waals surface area (Å²) in [6.45, 7) is 7.36. The predicted octanol–water partition coefficient (Wildman–Crippen LogP) is 2.91. The van der Waals surface area contributed by atoms with Gasteiger partial charge in [-0.05, 0) is 13.8 Å². The maximum Gasteiger partial charge on any atom is 0.396 e. The first-order valence-corrected chi connectivity index (χ1v) is 6.50. The normalized spacial score (nSPS) is 21.8. The summed E-state index contributed by atoms with van der Waals surface area (Å²) in [7, 11) is 0. The van der Waals surface area contributed by atoms with Gasteiger partial charge in [0.2, 0.25) is 0 Å². The molecule has 4 heteroatoms. The van der Waals surface area contributed by atoms with E-state index in [0.29, 0.717) is 5.76 Å². The average Bonchev–Trinajstić information content (AvgIpc) is 2.74. The third kappa shape index (κ3) is 2.98. The Balaban J connectivity index is 2.24. The van der Waals surface area contributed by atoms with Crippen molar-refractivity contribution < 1.29 is 19.0 Å². The Morgan fingerprint density at radius 2 is 2.05 bits per heavy atom. The number of benzene rings is 1. The summed E-state index contributed by atoms with van der Waals surface area (Å²) in [4.78, 5) is 12.2. The first-order chi connectivity index (χ1) is 9.57. The molecule has 0 amide bonds. The molecule has 1 aromatic rings. The van der Waals surface area contributed by atoms with Crippen molar-refractivity contribution in [2.45, 2.75) is 25.9 Å². The van der Waals surface area contributed by atoms with E-state index in [4.69, 9.17) is 14.2 Å². The van der Waals surface area contributed by atoms with Crippen molar-refractivity contribution in [3.8, 4) is 0 Å². The number of hydrogen-bond acceptors (Lipinski definition) is 4. The van der Waals surface area contributed by atoms with Crippen LogP contribution in [0.15, 0.2) is 49.1 Å². The lowest BCUT2D eigenvalue weighted by Gasteiger charge is -2.29. The van der Waals surface area contributed by atoms with Gasteiger partial charge >= 0.3 is 5.97 Å². The average molecular weight is 274 g/mol. The molecule has 2 rings (SSSR count). The van der Waals surface area contributed by atoms with Gasteiger partial charge in [-0.3, -0.25) is 4.79 Å². The van der Waals surface area contributed by atoms with Crippen LogP contribution >= 0.6 is 0 Å². The Kier molecular flexibility index (Phi) is 4.37. The molecule has 4 nitrogen and oxygen atoms in total. The topological polar surface area (TPSA) is 44.8 Å². The van der Waals surface area contributed by atoms with Gasteiger partial charge in [0.25, 0.3) is 5.78 Å². The molecular formula is C16H18O4. The summed E-state index contributed by atoms with van der Waals surface area (Å²) in [5.74, 6) is -1.61. The fourth-order valence-corrected chi connectivity index (χ4v) is 1.87. The molecule has 0 fully saturated rings. The molecular weight excluding hydrogens is 256 g/mol. The van der Waals surface area contributed by atoms with E-state index >= 15 is 0 Å². The van der Waals surface area contributed by atoms with Crippen molar-refractivity contribution in [3.05, 3.63) is 54.6 Å². The second-order valence-corrected chi connectivity index (χ2v) is 4.66. The summed E-state index contributed by atoms with van der Waals surface area (Å²) < 4.78 is 16.7. The van der Waals surface area contributed by atoms with E-state index in [1.165, 1.54) is 6.08 Å². The maximum atomic E-state index is 12.2. The van der Waals surface area contributed by atoms with Crippen LogP contribution in [0, 0.1) is 0 Å². The standard InChI is InChI=1S/C16H18O4/c1-4-10-18-16(19-12(2)3)15(17)11-14(20-16)13-8-6-5-7-9-13/h4-9,11-12H,1,10H2,2-3H3. The smallest absolute Gasteiger partial charge is 0.396 e. The summed E-state index contributed by atoms with van der Waals surface area (Å²) in [5.41, 5.74) is 0.803. The largest absolute Gasteiger partial charge is 0.432 e. The van der Waals surface area contributed by atoms with Crippen molar-refractivity contribution >= 4 is 11.5 Å². The van der Waals surface area contributed by atoms with Crippen LogP contribution in [0.25, 0.3) is 5.76 Å². The second-order valence-electron chi connectivity index (χ2n) is 4.66. The van der Waals surface area contributed by atoms with E-state index in [1.54, 1.807) is 6.08 Å². The molecule has 0 bridgehead atoms. The molecule has 1 atom stereocenters. The second kappa shape index (κ2) is 6.03. The van der Waals surface area contributed by atoms with Crippen molar-refractivity contribution in [3.63, 3.8) is 0 Å². The van der Waals surface area contributed by atoms with Crippen molar-refractivity contribution in [2.24, 2.45) is 0 Å². The molecule has 0 saturated carbocycles. The first-order valence-electron chi connectivity index (χ1n) is 6.50. The Labute approximate surface area is 118 Å². The fraction of sp³-hybridized carbons (Fsp3) is 0.312. The van der Waals surface area contributed by atoms with E-state index < -0.39 is 5.97 Å². The third-order valence-corrected chi connectivity index (χ3v) is 2.65. The molecule has 0 aliphatic carbocycles. The van der Waals surface area contributed by atoms with E-state index in [0.717, 1.165) is 5.56 Å². The van der Waals surface area contributed by atoms with Crippen molar-refractivity contribution in [1.82, 2.24) is 0 Å². The van der Waals surface area contributed by atoms with Crippen LogP contribution in [0.4, 0.5) is 0 Å². The highest BCUT2D eigenvalue weighted by atomic mass is 16.9. The number of carbonyl (C=O) groups is 1. The Morgan fingerprint density at radius 3 is 2.65 bits per heavy atom. The minimum Gasteiger partial charge on any atom is -0.432 e. The van der Waals surface area contributed by atoms with Crippen molar-refractivity contribution in [2.75, 3.05) is 6.61 Å². The monoisotopic (exact) mass is 274 g/mol. The predicted molar refractivity (Wildman–Crippen MR) is 75.6 cm³/mol. The summed E-state index contributed by atoms with van der Waals surface area (Å²) in [6, 6.07) is 9.36. The minimum atomic E-state index is -1.70. The number of ketones is 1. The van der Waals surface area contributed by atoms with Gasteiger partial charge in [-0.2, -0.15) is 0 Å². The highest BCUT2D eigenvalue weighted by molar-refractivity contribution is 6.03. The molecule has 20 heavy (non-hydrogen) atoms. The minimum absolute atomic E-state index is 0.161. The Hall–Kier alpha value is -1.91. The van der Waals surface area contributed by atoms with Crippen LogP contribution in [0.3, 0.4) is 0 Å². The van der Waals surface area contributed by atoms with Gasteiger partial charge in [-0.15, -0.1) is 6.58 Å². The van der Waals surface area contributed by atoms with Crippen LogP contribution in [0.2, 0.25) is 0 Å². The summed E-state index contributed by atoms with van der Waals surface area (Å²) in [5, 5.41) is 0. The third-order valence-electron chi connectivity index (χ3n) is 2.65. The lowest BCUT2D eigenvalue weighted by Crippen LogP contribution is -2.44. The maximum absolute atomic E-state index is 12.2. The molecule has 0 aromatic heterocycles. The van der Waals surface area contributed by atoms with E-state index in [1.807, 2.05) is 44.2 Å². The van der Waals surface area contributed by atoms with E-state index in [9.17, 15) is 4.79 Å². The molecule has 0 N–H and O–H groups in total. The first kappa shape index (κ1) is 14.5. The fourth-order valence-electron chi connectivity index (χ4n) is 1.87. The zero-order valence-electron chi connectivity index (χ0n) is 11.7. The zero-order valence-corrected chi connectivity index (χ0v) is 11.7. The van der Waals surface area contributed by atoms with Gasteiger partial charge in [0, 0.05) is 11.6 Å². The summed E-state index contributed by atoms with van der Waals surface area (Å²) in [6.07, 6.45) is 2.73. The Morgan fingerprint density at radius 1 is 1.35 bits per heavy atom. The number of hydrogen-bond donors (Lipinski definition) is 0. The molecule has 106 valence electrons. The van der Waals surface area contributed by atoms with Gasteiger partial charge in [-0.25, -0.2) is 0 Å². The van der Waals surface area contributed by atoms with Crippen LogP contribution in [0.5, 0.6) is 0 Å². The molecule has 1 unspecified atom stereocenters. The van der Waals surface area contributed by atoms with Crippen LogP contribution in [-0.4, -0.2) is 24.5 Å². The van der Waals surface area contributed by atoms with Crippen LogP contribution in [-0.2, 0) is 19.0 Å². The van der Waals surface area contributed by atoms with E-state index in [2.05, 4.69) is 6.58 Å². The molecule has 0 radical (unpaired) electrons. The number of carbonyl (C=O) groups excluding carboxylic acids is 1. The van der Waals surface area contributed by atoms with Crippen LogP contribution in [0.1, 0.15) is 19.4 Å². The van der Waals surface area contributed by atoms with Crippen LogP contribution < -0.4 is 0 Å². The lowest BCUT2D eigenvalue weighted by atomic mass is 10.2. The Bertz CT molecular complexity index is 519. The molecule has 1 aromatic carbocycles.